The number of phenols is 2. The number of fused-ring (bicyclic) bond motifs is 1. The topological polar surface area (TPSA) is 119 Å². The third kappa shape index (κ3) is 2.66. The van der Waals surface area contributed by atoms with Crippen molar-refractivity contribution < 1.29 is 24.9 Å². The third-order valence-electron chi connectivity index (χ3n) is 4.88. The molecular formula is C20H19N3O5. The smallest absolute Gasteiger partial charge is 0.273 e. The lowest BCUT2D eigenvalue weighted by Gasteiger charge is -2.26. The van der Waals surface area contributed by atoms with Gasteiger partial charge < -0.3 is 25.0 Å². The van der Waals surface area contributed by atoms with Gasteiger partial charge in [0.15, 0.2) is 11.5 Å². The van der Waals surface area contributed by atoms with Gasteiger partial charge in [-0.25, -0.2) is 0 Å². The Bertz CT molecular complexity index is 1050. The molecule has 3 aromatic rings. The highest BCUT2D eigenvalue weighted by Crippen LogP contribution is 2.45. The predicted octanol–water partition coefficient (Wildman–Crippen LogP) is 2.03. The molecule has 8 heteroatoms. The molecule has 1 aliphatic heterocycles. The Balaban J connectivity index is 1.92. The van der Waals surface area contributed by atoms with Gasteiger partial charge in [-0.15, -0.1) is 0 Å². The van der Waals surface area contributed by atoms with Crippen LogP contribution in [0.4, 0.5) is 0 Å². The van der Waals surface area contributed by atoms with Gasteiger partial charge in [-0.05, 0) is 29.8 Å². The number of methoxy groups -OCH3 is 1. The van der Waals surface area contributed by atoms with E-state index in [1.807, 2.05) is 0 Å². The highest BCUT2D eigenvalue weighted by molar-refractivity contribution is 6.00. The van der Waals surface area contributed by atoms with Gasteiger partial charge in [0.25, 0.3) is 5.91 Å². The van der Waals surface area contributed by atoms with Gasteiger partial charge in [0.2, 0.25) is 0 Å². The van der Waals surface area contributed by atoms with Gasteiger partial charge in [-0.3, -0.25) is 9.89 Å². The second-order valence-corrected chi connectivity index (χ2v) is 6.43. The molecule has 1 unspecified atom stereocenters. The summed E-state index contributed by atoms with van der Waals surface area (Å²) < 4.78 is 5.20. The van der Waals surface area contributed by atoms with Gasteiger partial charge in [0.1, 0.15) is 17.1 Å². The van der Waals surface area contributed by atoms with Crippen molar-refractivity contribution in [3.05, 3.63) is 59.3 Å². The minimum Gasteiger partial charge on any atom is -0.507 e. The number of β-amino-alcohol motifs (C(OH)–C–C–N with tert-alkyl or cyclic N) is 1. The number of nitrogens with zero attached hydrogens (tertiary/aromatic N) is 2. The summed E-state index contributed by atoms with van der Waals surface area (Å²) in [5.41, 5.74) is 2.55. The minimum atomic E-state index is -0.558. The molecule has 1 aromatic heterocycles. The Morgan fingerprint density at radius 2 is 1.96 bits per heavy atom. The van der Waals surface area contributed by atoms with Crippen LogP contribution in [0.1, 0.15) is 27.7 Å². The van der Waals surface area contributed by atoms with E-state index in [9.17, 15) is 20.1 Å². The van der Waals surface area contributed by atoms with Crippen molar-refractivity contribution in [2.45, 2.75) is 6.04 Å². The van der Waals surface area contributed by atoms with Gasteiger partial charge >= 0.3 is 0 Å². The average Bonchev–Trinajstić information content (AvgIpc) is 3.23. The molecule has 1 amide bonds. The summed E-state index contributed by atoms with van der Waals surface area (Å²) in [5.74, 6) is 0.00901. The van der Waals surface area contributed by atoms with Crippen LogP contribution in [0.5, 0.6) is 17.2 Å². The fourth-order valence-corrected chi connectivity index (χ4v) is 3.63. The Morgan fingerprint density at radius 3 is 2.68 bits per heavy atom. The van der Waals surface area contributed by atoms with Crippen LogP contribution in [0.25, 0.3) is 11.3 Å². The number of ether oxygens (including phenoxy) is 1. The Kier molecular flexibility index (Phi) is 4.40. The van der Waals surface area contributed by atoms with Crippen molar-refractivity contribution in [2.24, 2.45) is 0 Å². The lowest BCUT2D eigenvalue weighted by Crippen LogP contribution is -2.32. The first-order chi connectivity index (χ1) is 13.6. The molecule has 1 atom stereocenters. The zero-order chi connectivity index (χ0) is 19.8. The van der Waals surface area contributed by atoms with Crippen LogP contribution in [0.15, 0.2) is 42.5 Å². The largest absolute Gasteiger partial charge is 0.507 e. The molecule has 0 fully saturated rings. The molecule has 4 rings (SSSR count). The molecule has 0 spiro atoms. The zero-order valence-corrected chi connectivity index (χ0v) is 15.1. The van der Waals surface area contributed by atoms with Crippen molar-refractivity contribution in [3.63, 3.8) is 0 Å². The van der Waals surface area contributed by atoms with Crippen LogP contribution in [-0.2, 0) is 0 Å². The third-order valence-corrected chi connectivity index (χ3v) is 4.88. The van der Waals surface area contributed by atoms with E-state index in [4.69, 9.17) is 4.74 Å². The fraction of sp³-hybridized carbons (Fsp3) is 0.200. The number of hydrogen-bond donors (Lipinski definition) is 4. The maximum absolute atomic E-state index is 12.9. The lowest BCUT2D eigenvalue weighted by molar-refractivity contribution is 0.0706. The Labute approximate surface area is 160 Å². The number of carbonyl (C=O) groups is 1. The number of aromatic amines is 1. The van der Waals surface area contributed by atoms with E-state index in [1.165, 1.54) is 18.1 Å². The van der Waals surface area contributed by atoms with E-state index in [-0.39, 0.29) is 36.3 Å². The highest BCUT2D eigenvalue weighted by Gasteiger charge is 2.42. The van der Waals surface area contributed by atoms with E-state index in [0.29, 0.717) is 28.1 Å². The number of aromatic nitrogens is 2. The number of aliphatic hydroxyl groups is 1. The molecule has 144 valence electrons. The zero-order valence-electron chi connectivity index (χ0n) is 15.1. The summed E-state index contributed by atoms with van der Waals surface area (Å²) in [7, 11) is 1.45. The monoisotopic (exact) mass is 381 g/mol. The molecule has 2 aromatic carbocycles. The number of rotatable bonds is 5. The molecule has 28 heavy (non-hydrogen) atoms. The molecule has 0 saturated heterocycles. The van der Waals surface area contributed by atoms with Crippen molar-refractivity contribution in [3.8, 4) is 28.5 Å². The van der Waals surface area contributed by atoms with Gasteiger partial charge in [-0.2, -0.15) is 5.10 Å². The molecule has 0 radical (unpaired) electrons. The number of H-pyrrole nitrogens is 1. The normalized spacial score (nSPS) is 15.7. The number of aromatic hydroxyl groups is 2. The van der Waals surface area contributed by atoms with Crippen molar-refractivity contribution in [2.75, 3.05) is 20.3 Å². The summed E-state index contributed by atoms with van der Waals surface area (Å²) in [6.45, 7) is -0.0868. The van der Waals surface area contributed by atoms with E-state index >= 15 is 0 Å². The predicted molar refractivity (Wildman–Crippen MR) is 100 cm³/mol. The summed E-state index contributed by atoms with van der Waals surface area (Å²) in [6, 6.07) is 11.0. The van der Waals surface area contributed by atoms with Crippen LogP contribution in [0.2, 0.25) is 0 Å². The number of carbonyl (C=O) groups excluding carboxylic acids is 1. The van der Waals surface area contributed by atoms with Gasteiger partial charge in [0.05, 0.1) is 19.8 Å². The maximum atomic E-state index is 12.9. The quantitative estimate of drug-likeness (QED) is 0.537. The molecule has 0 aliphatic carbocycles. The van der Waals surface area contributed by atoms with Crippen LogP contribution in [-0.4, -0.2) is 56.6 Å². The van der Waals surface area contributed by atoms with Crippen LogP contribution < -0.4 is 4.74 Å². The number of para-hydroxylation sites is 1. The highest BCUT2D eigenvalue weighted by atomic mass is 16.5. The van der Waals surface area contributed by atoms with Crippen molar-refractivity contribution >= 4 is 5.91 Å². The Morgan fingerprint density at radius 1 is 1.18 bits per heavy atom. The summed E-state index contributed by atoms with van der Waals surface area (Å²) in [5, 5.41) is 36.7. The summed E-state index contributed by atoms with van der Waals surface area (Å²) >= 11 is 0. The average molecular weight is 381 g/mol. The van der Waals surface area contributed by atoms with E-state index in [1.54, 1.807) is 36.4 Å². The second-order valence-electron chi connectivity index (χ2n) is 6.43. The lowest BCUT2D eigenvalue weighted by atomic mass is 9.95. The molecule has 1 aliphatic rings. The molecule has 0 saturated carbocycles. The number of benzene rings is 2. The molecule has 8 nitrogen and oxygen atoms in total. The van der Waals surface area contributed by atoms with Crippen LogP contribution in [0.3, 0.4) is 0 Å². The minimum absolute atomic E-state index is 0.0161. The van der Waals surface area contributed by atoms with E-state index < -0.39 is 6.04 Å². The van der Waals surface area contributed by atoms with Crippen LogP contribution in [0, 0.1) is 0 Å². The number of amides is 1. The number of hydrogen-bond acceptors (Lipinski definition) is 6. The number of phenolic OH excluding ortho intramolecular Hbond substituents is 2. The maximum Gasteiger partial charge on any atom is 0.273 e. The standard InChI is InChI=1S/C20H19N3O5/c1-28-15-10-11(6-7-14(15)26)19-16-17(12-4-2-3-5-13(12)25)21-22-18(16)20(27)23(19)8-9-24/h2-7,10,19,24-26H,8-9H2,1H3,(H,21,22). The first-order valence-corrected chi connectivity index (χ1v) is 8.72. The number of nitrogens with one attached hydrogen (secondary N) is 1. The van der Waals surface area contributed by atoms with Gasteiger partial charge in [-0.1, -0.05) is 18.2 Å². The second kappa shape index (κ2) is 6.90. The fourth-order valence-electron chi connectivity index (χ4n) is 3.63. The van der Waals surface area contributed by atoms with Crippen molar-refractivity contribution in [1.82, 2.24) is 15.1 Å². The van der Waals surface area contributed by atoms with Gasteiger partial charge in [0, 0.05) is 17.7 Å². The van der Waals surface area contributed by atoms with Crippen LogP contribution >= 0.6 is 0 Å². The molecular weight excluding hydrogens is 362 g/mol. The van der Waals surface area contributed by atoms with E-state index in [2.05, 4.69) is 10.2 Å². The SMILES string of the molecule is COc1cc(C2c3c(-c4ccccc4O)n[nH]c3C(=O)N2CCO)ccc1O. The molecule has 4 N–H and O–H groups in total. The summed E-state index contributed by atoms with van der Waals surface area (Å²) in [4.78, 5) is 14.4. The Hall–Kier alpha value is -3.52. The number of aliphatic hydroxyl groups excluding tert-OH is 1. The van der Waals surface area contributed by atoms with Crippen molar-refractivity contribution in [1.29, 1.82) is 0 Å². The molecule has 2 heterocycles. The summed E-state index contributed by atoms with van der Waals surface area (Å²) in [6.07, 6.45) is 0. The first kappa shape index (κ1) is 17.9. The van der Waals surface area contributed by atoms with E-state index in [0.717, 1.165) is 0 Å². The molecule has 0 bridgehead atoms. The first-order valence-electron chi connectivity index (χ1n) is 8.72.